The van der Waals surface area contributed by atoms with Crippen molar-refractivity contribution in [2.75, 3.05) is 18.5 Å². The molecule has 0 aliphatic carbocycles. The Kier molecular flexibility index (Phi) is 4.55. The lowest BCUT2D eigenvalue weighted by molar-refractivity contribution is -0.120. The SMILES string of the molecule is CCOCC(=O)Nc1cccnc1Br. The third-order valence-corrected chi connectivity index (χ3v) is 2.10. The van der Waals surface area contributed by atoms with E-state index in [1.54, 1.807) is 18.3 Å². The number of carbonyl (C=O) groups excluding carboxylic acids is 1. The highest BCUT2D eigenvalue weighted by molar-refractivity contribution is 9.10. The van der Waals surface area contributed by atoms with Gasteiger partial charge in [0.2, 0.25) is 5.91 Å². The van der Waals surface area contributed by atoms with Gasteiger partial charge in [-0.05, 0) is 35.0 Å². The molecule has 0 radical (unpaired) electrons. The molecule has 1 aromatic heterocycles. The van der Waals surface area contributed by atoms with E-state index in [2.05, 4.69) is 26.2 Å². The molecule has 0 aliphatic rings. The second-order valence-electron chi connectivity index (χ2n) is 2.53. The van der Waals surface area contributed by atoms with E-state index >= 15 is 0 Å². The maximum Gasteiger partial charge on any atom is 0.250 e. The van der Waals surface area contributed by atoms with Crippen molar-refractivity contribution in [2.45, 2.75) is 6.92 Å². The van der Waals surface area contributed by atoms with Gasteiger partial charge in [0.05, 0.1) is 5.69 Å². The monoisotopic (exact) mass is 258 g/mol. The fourth-order valence-electron chi connectivity index (χ4n) is 0.860. The third kappa shape index (κ3) is 3.43. The van der Waals surface area contributed by atoms with Crippen molar-refractivity contribution in [3.05, 3.63) is 22.9 Å². The Bertz CT molecular complexity index is 317. The average Bonchev–Trinajstić information content (AvgIpc) is 2.18. The maximum atomic E-state index is 11.2. The zero-order chi connectivity index (χ0) is 10.4. The van der Waals surface area contributed by atoms with Crippen LogP contribution in [0.1, 0.15) is 6.92 Å². The number of nitrogens with one attached hydrogen (secondary N) is 1. The molecule has 76 valence electrons. The zero-order valence-electron chi connectivity index (χ0n) is 7.79. The molecule has 14 heavy (non-hydrogen) atoms. The minimum absolute atomic E-state index is 0.0673. The van der Waals surface area contributed by atoms with Gasteiger partial charge in [-0.15, -0.1) is 0 Å². The Morgan fingerprint density at radius 3 is 3.14 bits per heavy atom. The highest BCUT2D eigenvalue weighted by atomic mass is 79.9. The lowest BCUT2D eigenvalue weighted by Gasteiger charge is -2.05. The number of aromatic nitrogens is 1. The van der Waals surface area contributed by atoms with Gasteiger partial charge in [0, 0.05) is 12.8 Å². The first-order valence-electron chi connectivity index (χ1n) is 4.22. The van der Waals surface area contributed by atoms with Crippen molar-refractivity contribution in [2.24, 2.45) is 0 Å². The van der Waals surface area contributed by atoms with Crippen LogP contribution in [0.5, 0.6) is 0 Å². The van der Waals surface area contributed by atoms with Crippen LogP contribution >= 0.6 is 15.9 Å². The van der Waals surface area contributed by atoms with E-state index in [0.29, 0.717) is 16.9 Å². The Morgan fingerprint density at radius 2 is 2.50 bits per heavy atom. The zero-order valence-corrected chi connectivity index (χ0v) is 9.37. The quantitative estimate of drug-likeness (QED) is 0.839. The van der Waals surface area contributed by atoms with Gasteiger partial charge in [0.1, 0.15) is 11.2 Å². The maximum absolute atomic E-state index is 11.2. The first kappa shape index (κ1) is 11.1. The van der Waals surface area contributed by atoms with Gasteiger partial charge in [-0.1, -0.05) is 0 Å². The van der Waals surface area contributed by atoms with E-state index in [1.807, 2.05) is 6.92 Å². The van der Waals surface area contributed by atoms with Crippen LogP contribution in [-0.2, 0) is 9.53 Å². The highest BCUT2D eigenvalue weighted by Crippen LogP contribution is 2.17. The second kappa shape index (κ2) is 5.72. The molecule has 0 fully saturated rings. The predicted octanol–water partition coefficient (Wildman–Crippen LogP) is 1.82. The minimum Gasteiger partial charge on any atom is -0.372 e. The van der Waals surface area contributed by atoms with Crippen molar-refractivity contribution in [3.8, 4) is 0 Å². The van der Waals surface area contributed by atoms with E-state index < -0.39 is 0 Å². The van der Waals surface area contributed by atoms with Crippen LogP contribution in [0.4, 0.5) is 5.69 Å². The van der Waals surface area contributed by atoms with E-state index in [4.69, 9.17) is 4.74 Å². The molecular formula is C9H11BrN2O2. The number of amides is 1. The van der Waals surface area contributed by atoms with Gasteiger partial charge >= 0.3 is 0 Å². The Morgan fingerprint density at radius 1 is 1.71 bits per heavy atom. The first-order valence-corrected chi connectivity index (χ1v) is 5.01. The summed E-state index contributed by atoms with van der Waals surface area (Å²) in [5.41, 5.74) is 0.650. The van der Waals surface area contributed by atoms with Crippen LogP contribution in [0.2, 0.25) is 0 Å². The third-order valence-electron chi connectivity index (χ3n) is 1.47. The summed E-state index contributed by atoms with van der Waals surface area (Å²) in [5, 5.41) is 2.67. The molecule has 5 heteroatoms. The van der Waals surface area contributed by atoms with Gasteiger partial charge in [0.15, 0.2) is 0 Å². The van der Waals surface area contributed by atoms with Crippen LogP contribution in [-0.4, -0.2) is 24.1 Å². The van der Waals surface area contributed by atoms with Crippen LogP contribution in [0.15, 0.2) is 22.9 Å². The van der Waals surface area contributed by atoms with Crippen molar-refractivity contribution >= 4 is 27.5 Å². The fraction of sp³-hybridized carbons (Fsp3) is 0.333. The van der Waals surface area contributed by atoms with Crippen molar-refractivity contribution in [1.29, 1.82) is 0 Å². The smallest absolute Gasteiger partial charge is 0.250 e. The van der Waals surface area contributed by atoms with Crippen molar-refractivity contribution in [3.63, 3.8) is 0 Å². The van der Waals surface area contributed by atoms with Gasteiger partial charge in [-0.3, -0.25) is 4.79 Å². The van der Waals surface area contributed by atoms with Gasteiger partial charge in [-0.25, -0.2) is 4.98 Å². The average molecular weight is 259 g/mol. The highest BCUT2D eigenvalue weighted by Gasteiger charge is 2.04. The molecule has 0 saturated heterocycles. The lowest BCUT2D eigenvalue weighted by atomic mass is 10.4. The summed E-state index contributed by atoms with van der Waals surface area (Å²) in [6.45, 7) is 2.44. The standard InChI is InChI=1S/C9H11BrN2O2/c1-2-14-6-8(13)12-7-4-3-5-11-9(7)10/h3-5H,2,6H2,1H3,(H,12,13). The summed E-state index contributed by atoms with van der Waals surface area (Å²) in [6, 6.07) is 3.52. The van der Waals surface area contributed by atoms with E-state index in [1.165, 1.54) is 0 Å². The number of halogens is 1. The molecule has 0 spiro atoms. The molecule has 1 rings (SSSR count). The Balaban J connectivity index is 2.52. The molecule has 0 saturated carbocycles. The van der Waals surface area contributed by atoms with E-state index in [-0.39, 0.29) is 12.5 Å². The van der Waals surface area contributed by atoms with Crippen molar-refractivity contribution in [1.82, 2.24) is 4.98 Å². The summed E-state index contributed by atoms with van der Waals surface area (Å²) in [7, 11) is 0. The van der Waals surface area contributed by atoms with Crippen LogP contribution in [0, 0.1) is 0 Å². The number of rotatable bonds is 4. The summed E-state index contributed by atoms with van der Waals surface area (Å²) < 4.78 is 5.58. The molecule has 1 N–H and O–H groups in total. The number of ether oxygens (including phenoxy) is 1. The Hall–Kier alpha value is -0.940. The van der Waals surface area contributed by atoms with Crippen LogP contribution in [0.3, 0.4) is 0 Å². The van der Waals surface area contributed by atoms with Gasteiger partial charge < -0.3 is 10.1 Å². The van der Waals surface area contributed by atoms with Gasteiger partial charge in [0.25, 0.3) is 0 Å². The number of hydrogen-bond acceptors (Lipinski definition) is 3. The predicted molar refractivity (Wildman–Crippen MR) is 57.1 cm³/mol. The lowest BCUT2D eigenvalue weighted by Crippen LogP contribution is -2.18. The summed E-state index contributed by atoms with van der Waals surface area (Å²) in [4.78, 5) is 15.2. The second-order valence-corrected chi connectivity index (χ2v) is 3.28. The molecule has 0 atom stereocenters. The van der Waals surface area contributed by atoms with Gasteiger partial charge in [-0.2, -0.15) is 0 Å². The summed E-state index contributed by atoms with van der Waals surface area (Å²) in [5.74, 6) is -0.180. The number of hydrogen-bond donors (Lipinski definition) is 1. The minimum atomic E-state index is -0.180. The molecule has 1 aromatic rings. The topological polar surface area (TPSA) is 51.2 Å². The molecule has 0 unspecified atom stereocenters. The first-order chi connectivity index (χ1) is 6.74. The number of anilines is 1. The van der Waals surface area contributed by atoms with Crippen LogP contribution < -0.4 is 5.32 Å². The molecule has 0 bridgehead atoms. The largest absolute Gasteiger partial charge is 0.372 e. The molecular weight excluding hydrogens is 248 g/mol. The molecule has 4 nitrogen and oxygen atoms in total. The van der Waals surface area contributed by atoms with Crippen LogP contribution in [0.25, 0.3) is 0 Å². The molecule has 0 aromatic carbocycles. The number of nitrogens with zero attached hydrogens (tertiary/aromatic N) is 1. The fourth-order valence-corrected chi connectivity index (χ4v) is 1.21. The van der Waals surface area contributed by atoms with E-state index in [0.717, 1.165) is 0 Å². The van der Waals surface area contributed by atoms with E-state index in [9.17, 15) is 4.79 Å². The molecule has 0 aliphatic heterocycles. The van der Waals surface area contributed by atoms with Crippen molar-refractivity contribution < 1.29 is 9.53 Å². The number of carbonyl (C=O) groups is 1. The Labute approximate surface area is 90.8 Å². The summed E-state index contributed by atoms with van der Waals surface area (Å²) in [6.07, 6.45) is 1.64. The molecule has 1 amide bonds. The summed E-state index contributed by atoms with van der Waals surface area (Å²) >= 11 is 3.23. The molecule has 1 heterocycles. The number of pyridine rings is 1. The normalized spacial score (nSPS) is 9.86.